The number of hydrogen-bond acceptors (Lipinski definition) is 4. The van der Waals surface area contributed by atoms with Crippen molar-refractivity contribution in [1.82, 2.24) is 9.36 Å². The quantitative estimate of drug-likeness (QED) is 0.650. The summed E-state index contributed by atoms with van der Waals surface area (Å²) in [6.45, 7) is 0. The fraction of sp³-hybridized carbons (Fsp3) is 0.250. The Bertz CT molecular complexity index is 306. The van der Waals surface area contributed by atoms with E-state index in [0.717, 1.165) is 11.5 Å². The number of nitrogens with one attached hydrogen (secondary N) is 2. The minimum Gasteiger partial charge on any atom is -0.300 e. The highest BCUT2D eigenvalue weighted by molar-refractivity contribution is 7.09. The Kier molecular flexibility index (Phi) is 2.61. The number of anilines is 1. The fourth-order valence-electron chi connectivity index (χ4n) is 0.436. The molecule has 2 N–H and O–H groups in total. The van der Waals surface area contributed by atoms with Crippen molar-refractivity contribution < 1.29 is 4.79 Å². The average molecular weight is 194 g/mol. The summed E-state index contributed by atoms with van der Waals surface area (Å²) in [7, 11) is 0. The molecule has 0 bridgehead atoms. The number of aromatic amines is 1. The zero-order valence-electron chi connectivity index (χ0n) is 5.26. The Hall–Kier alpha value is -0.880. The van der Waals surface area contributed by atoms with E-state index in [1.165, 1.54) is 0 Å². The highest BCUT2D eigenvalue weighted by atomic mass is 35.5. The van der Waals surface area contributed by atoms with Crippen molar-refractivity contribution in [2.24, 2.45) is 0 Å². The highest BCUT2D eigenvalue weighted by Crippen LogP contribution is 2.03. The molecule has 0 saturated carbocycles. The zero-order chi connectivity index (χ0) is 8.27. The molecule has 0 aliphatic heterocycles. The number of carbonyl (C=O) groups is 1. The lowest BCUT2D eigenvalue weighted by molar-refractivity contribution is -0.113. The molecular formula is C4H4ClN3O2S. The topological polar surface area (TPSA) is 74.8 Å². The summed E-state index contributed by atoms with van der Waals surface area (Å²) in [5.41, 5.74) is -0.472. The van der Waals surface area contributed by atoms with Gasteiger partial charge in [-0.25, -0.2) is 4.79 Å². The zero-order valence-corrected chi connectivity index (χ0v) is 6.83. The molecule has 11 heavy (non-hydrogen) atoms. The van der Waals surface area contributed by atoms with Gasteiger partial charge in [0.2, 0.25) is 11.0 Å². The largest absolute Gasteiger partial charge is 0.357 e. The molecule has 0 atom stereocenters. The van der Waals surface area contributed by atoms with Gasteiger partial charge in [-0.3, -0.25) is 14.5 Å². The van der Waals surface area contributed by atoms with Crippen LogP contribution in [0.25, 0.3) is 0 Å². The number of aromatic nitrogens is 2. The molecule has 5 nitrogen and oxygen atoms in total. The molecule has 0 spiro atoms. The van der Waals surface area contributed by atoms with Crippen LogP contribution >= 0.6 is 23.1 Å². The molecule has 7 heteroatoms. The summed E-state index contributed by atoms with van der Waals surface area (Å²) in [6.07, 6.45) is 0. The van der Waals surface area contributed by atoms with Crippen LogP contribution in [0.5, 0.6) is 0 Å². The van der Waals surface area contributed by atoms with Crippen LogP contribution in [0.2, 0.25) is 0 Å². The molecular weight excluding hydrogens is 190 g/mol. The summed E-state index contributed by atoms with van der Waals surface area (Å²) >= 11 is 6.14. The van der Waals surface area contributed by atoms with E-state index in [0.29, 0.717) is 0 Å². The molecule has 1 aromatic rings. The molecule has 1 amide bonds. The van der Waals surface area contributed by atoms with Gasteiger partial charge >= 0.3 is 5.69 Å². The van der Waals surface area contributed by atoms with Crippen LogP contribution in [0.1, 0.15) is 0 Å². The van der Waals surface area contributed by atoms with Crippen LogP contribution in [0.4, 0.5) is 5.13 Å². The standard InChI is InChI=1S/C4H4ClN3O2S/c5-1-2(9)6-4-7-3(10)8-11-4/h1H2,(H2,6,7,8,9,10). The fourth-order valence-corrected chi connectivity index (χ4v) is 1.03. The van der Waals surface area contributed by atoms with Gasteiger partial charge in [-0.2, -0.15) is 4.98 Å². The number of rotatable bonds is 2. The Morgan fingerprint density at radius 3 is 3.00 bits per heavy atom. The minimum absolute atomic E-state index is 0.145. The Morgan fingerprint density at radius 1 is 1.82 bits per heavy atom. The van der Waals surface area contributed by atoms with E-state index in [-0.39, 0.29) is 16.9 Å². The summed E-state index contributed by atoms with van der Waals surface area (Å²) in [6, 6.07) is 0. The van der Waals surface area contributed by atoms with Crippen LogP contribution in [-0.2, 0) is 4.79 Å². The van der Waals surface area contributed by atoms with E-state index in [1.807, 2.05) is 0 Å². The van der Waals surface area contributed by atoms with Crippen LogP contribution in [0.3, 0.4) is 0 Å². The van der Waals surface area contributed by atoms with Gasteiger partial charge < -0.3 is 0 Å². The third kappa shape index (κ3) is 2.32. The van der Waals surface area contributed by atoms with Gasteiger partial charge in [0.25, 0.3) is 0 Å². The molecule has 0 fully saturated rings. The first-order chi connectivity index (χ1) is 5.22. The Labute approximate surface area is 70.6 Å². The first kappa shape index (κ1) is 8.22. The van der Waals surface area contributed by atoms with E-state index in [9.17, 15) is 9.59 Å². The lowest BCUT2D eigenvalue weighted by atomic mass is 10.7. The number of H-pyrrole nitrogens is 1. The molecule has 0 aromatic carbocycles. The van der Waals surface area contributed by atoms with Crippen molar-refractivity contribution in [2.75, 3.05) is 11.2 Å². The number of carbonyl (C=O) groups excluding carboxylic acids is 1. The maximum absolute atomic E-state index is 10.6. The summed E-state index contributed by atoms with van der Waals surface area (Å²) in [4.78, 5) is 24.4. The maximum Gasteiger partial charge on any atom is 0.357 e. The first-order valence-corrected chi connectivity index (χ1v) is 3.99. The average Bonchev–Trinajstić information content (AvgIpc) is 2.35. The second-order valence-electron chi connectivity index (χ2n) is 1.61. The van der Waals surface area contributed by atoms with E-state index in [1.54, 1.807) is 0 Å². The summed E-state index contributed by atoms with van der Waals surface area (Å²) in [5, 5.41) is 2.55. The molecule has 1 aromatic heterocycles. The van der Waals surface area contributed by atoms with Crippen LogP contribution in [0, 0.1) is 0 Å². The predicted molar refractivity (Wildman–Crippen MR) is 42.1 cm³/mol. The second-order valence-corrected chi connectivity index (χ2v) is 2.67. The molecule has 0 saturated heterocycles. The van der Waals surface area contributed by atoms with Crippen molar-refractivity contribution in [3.8, 4) is 0 Å². The highest BCUT2D eigenvalue weighted by Gasteiger charge is 2.02. The van der Waals surface area contributed by atoms with Gasteiger partial charge in [-0.1, -0.05) is 0 Å². The lowest BCUT2D eigenvalue weighted by Crippen LogP contribution is -2.13. The number of amides is 1. The lowest BCUT2D eigenvalue weighted by Gasteiger charge is -1.92. The van der Waals surface area contributed by atoms with Crippen LogP contribution in [-0.4, -0.2) is 21.1 Å². The van der Waals surface area contributed by atoms with Crippen LogP contribution in [0.15, 0.2) is 4.79 Å². The number of alkyl halides is 1. The van der Waals surface area contributed by atoms with E-state index < -0.39 is 5.69 Å². The second kappa shape index (κ2) is 3.49. The van der Waals surface area contributed by atoms with Crippen molar-refractivity contribution in [2.45, 2.75) is 0 Å². The number of nitrogens with zero attached hydrogens (tertiary/aromatic N) is 1. The number of hydrogen-bond donors (Lipinski definition) is 2. The van der Waals surface area contributed by atoms with Gasteiger partial charge in [0.15, 0.2) is 0 Å². The molecule has 0 radical (unpaired) electrons. The SMILES string of the molecule is O=C(CCl)Nc1nc(=O)[nH]s1. The molecule has 0 unspecified atom stereocenters. The smallest absolute Gasteiger partial charge is 0.300 e. The van der Waals surface area contributed by atoms with Crippen molar-refractivity contribution in [3.05, 3.63) is 10.5 Å². The Morgan fingerprint density at radius 2 is 2.55 bits per heavy atom. The summed E-state index contributed by atoms with van der Waals surface area (Å²) in [5.74, 6) is -0.525. The van der Waals surface area contributed by atoms with Crippen molar-refractivity contribution in [1.29, 1.82) is 0 Å². The van der Waals surface area contributed by atoms with Crippen molar-refractivity contribution >= 4 is 34.2 Å². The molecule has 0 aliphatic carbocycles. The predicted octanol–water partition coefficient (Wildman–Crippen LogP) is 0.00870. The monoisotopic (exact) mass is 193 g/mol. The van der Waals surface area contributed by atoms with Gasteiger partial charge in [0.1, 0.15) is 5.88 Å². The van der Waals surface area contributed by atoms with Crippen LogP contribution < -0.4 is 11.0 Å². The molecule has 1 rings (SSSR count). The Balaban J connectivity index is 2.65. The van der Waals surface area contributed by atoms with E-state index in [2.05, 4.69) is 14.7 Å². The maximum atomic E-state index is 10.6. The molecule has 0 aliphatic rings. The molecule has 1 heterocycles. The normalized spacial score (nSPS) is 9.55. The first-order valence-electron chi connectivity index (χ1n) is 2.63. The molecule has 60 valence electrons. The third-order valence-electron chi connectivity index (χ3n) is 0.806. The van der Waals surface area contributed by atoms with Gasteiger partial charge in [-0.15, -0.1) is 11.6 Å². The van der Waals surface area contributed by atoms with Gasteiger partial charge in [-0.05, 0) is 11.5 Å². The summed E-state index contributed by atoms with van der Waals surface area (Å²) < 4.78 is 2.32. The van der Waals surface area contributed by atoms with E-state index >= 15 is 0 Å². The minimum atomic E-state index is -0.472. The van der Waals surface area contributed by atoms with Gasteiger partial charge in [0, 0.05) is 0 Å². The van der Waals surface area contributed by atoms with Crippen molar-refractivity contribution in [3.63, 3.8) is 0 Å². The van der Waals surface area contributed by atoms with E-state index in [4.69, 9.17) is 11.6 Å². The number of halogens is 1. The third-order valence-corrected chi connectivity index (χ3v) is 1.71. The van der Waals surface area contributed by atoms with Gasteiger partial charge in [0.05, 0.1) is 0 Å².